The maximum atomic E-state index is 11.1. The molecular formula is C12H15ClN4O3. The second kappa shape index (κ2) is 5.06. The molecule has 1 atom stereocenters. The third-order valence-corrected chi connectivity index (χ3v) is 3.81. The van der Waals surface area contributed by atoms with E-state index in [0.29, 0.717) is 32.0 Å². The summed E-state index contributed by atoms with van der Waals surface area (Å²) in [5.74, 6) is 0.736. The molecule has 2 aliphatic rings. The Hall–Kier alpha value is -1.60. The van der Waals surface area contributed by atoms with Crippen LogP contribution in [0.4, 0.5) is 10.6 Å². The number of amides is 1. The van der Waals surface area contributed by atoms with Crippen molar-refractivity contribution in [2.45, 2.75) is 26.1 Å². The van der Waals surface area contributed by atoms with Gasteiger partial charge in [0.25, 0.3) is 0 Å². The first-order chi connectivity index (χ1) is 9.56. The molecule has 3 heterocycles. The number of carboxylic acid groups (broad SMARTS) is 1. The van der Waals surface area contributed by atoms with E-state index in [1.54, 1.807) is 0 Å². The van der Waals surface area contributed by atoms with Crippen LogP contribution in [0.5, 0.6) is 0 Å². The average molecular weight is 299 g/mol. The van der Waals surface area contributed by atoms with Gasteiger partial charge < -0.3 is 14.7 Å². The standard InChI is InChI=1S/C12H15ClN4O3/c1-7-6-20-3-2-17(7)10-8-4-16(12(18)19)5-9(8)14-11(13)15-10/h7H,2-6H2,1H3,(H,18,19). The smallest absolute Gasteiger partial charge is 0.407 e. The van der Waals surface area contributed by atoms with Crippen LogP contribution in [-0.4, -0.2) is 51.9 Å². The van der Waals surface area contributed by atoms with E-state index in [1.165, 1.54) is 4.90 Å². The fraction of sp³-hybridized carbons (Fsp3) is 0.583. The molecule has 0 saturated carbocycles. The Balaban J connectivity index is 1.98. The Kier molecular flexibility index (Phi) is 3.39. The van der Waals surface area contributed by atoms with Crippen LogP contribution in [-0.2, 0) is 17.8 Å². The second-order valence-electron chi connectivity index (χ2n) is 5.00. The normalized spacial score (nSPS) is 22.0. The van der Waals surface area contributed by atoms with Gasteiger partial charge in [-0.1, -0.05) is 0 Å². The summed E-state index contributed by atoms with van der Waals surface area (Å²) in [7, 11) is 0. The number of halogens is 1. The van der Waals surface area contributed by atoms with E-state index in [2.05, 4.69) is 14.9 Å². The highest BCUT2D eigenvalue weighted by atomic mass is 35.5. The average Bonchev–Trinajstić information content (AvgIpc) is 2.82. The molecular weight excluding hydrogens is 284 g/mol. The molecule has 0 bridgehead atoms. The lowest BCUT2D eigenvalue weighted by Gasteiger charge is -2.35. The molecule has 0 aromatic carbocycles. The van der Waals surface area contributed by atoms with Crippen molar-refractivity contribution < 1.29 is 14.6 Å². The number of ether oxygens (including phenoxy) is 1. The van der Waals surface area contributed by atoms with Gasteiger partial charge in [0.1, 0.15) is 5.82 Å². The van der Waals surface area contributed by atoms with Crippen LogP contribution in [0.2, 0.25) is 5.28 Å². The lowest BCUT2D eigenvalue weighted by Crippen LogP contribution is -2.44. The molecule has 0 radical (unpaired) electrons. The van der Waals surface area contributed by atoms with E-state index in [9.17, 15) is 4.79 Å². The monoisotopic (exact) mass is 298 g/mol. The molecule has 8 heteroatoms. The van der Waals surface area contributed by atoms with Gasteiger partial charge in [-0.15, -0.1) is 0 Å². The van der Waals surface area contributed by atoms with Crippen molar-refractivity contribution in [3.63, 3.8) is 0 Å². The number of hydrogen-bond donors (Lipinski definition) is 1. The Morgan fingerprint density at radius 3 is 2.95 bits per heavy atom. The van der Waals surface area contributed by atoms with Gasteiger partial charge in [-0.2, -0.15) is 0 Å². The van der Waals surface area contributed by atoms with Crippen LogP contribution >= 0.6 is 11.6 Å². The number of morpholine rings is 1. The minimum atomic E-state index is -0.958. The molecule has 1 fully saturated rings. The quantitative estimate of drug-likeness (QED) is 0.789. The van der Waals surface area contributed by atoms with Crippen molar-refractivity contribution >= 4 is 23.5 Å². The van der Waals surface area contributed by atoms with Gasteiger partial charge in [-0.25, -0.2) is 14.8 Å². The predicted octanol–water partition coefficient (Wildman–Crippen LogP) is 1.35. The topological polar surface area (TPSA) is 78.8 Å². The van der Waals surface area contributed by atoms with Crippen LogP contribution in [0.3, 0.4) is 0 Å². The highest BCUT2D eigenvalue weighted by Crippen LogP contribution is 2.31. The molecule has 0 spiro atoms. The predicted molar refractivity (Wildman–Crippen MR) is 71.9 cm³/mol. The number of fused-ring (bicyclic) bond motifs is 1. The van der Waals surface area contributed by atoms with Crippen molar-refractivity contribution in [2.24, 2.45) is 0 Å². The van der Waals surface area contributed by atoms with Gasteiger partial charge in [0.15, 0.2) is 0 Å². The third-order valence-electron chi connectivity index (χ3n) is 3.64. The first-order valence-corrected chi connectivity index (χ1v) is 6.81. The molecule has 2 aliphatic heterocycles. The van der Waals surface area contributed by atoms with E-state index in [4.69, 9.17) is 21.4 Å². The van der Waals surface area contributed by atoms with Crippen molar-refractivity contribution in [3.05, 3.63) is 16.5 Å². The zero-order valence-electron chi connectivity index (χ0n) is 11.0. The Bertz CT molecular complexity index is 554. The minimum absolute atomic E-state index is 0.157. The van der Waals surface area contributed by atoms with Crippen LogP contribution in [0.25, 0.3) is 0 Å². The molecule has 0 aliphatic carbocycles. The molecule has 1 N–H and O–H groups in total. The summed E-state index contributed by atoms with van der Waals surface area (Å²) in [4.78, 5) is 23.0. The molecule has 1 aromatic heterocycles. The summed E-state index contributed by atoms with van der Waals surface area (Å²) < 4.78 is 5.42. The van der Waals surface area contributed by atoms with Gasteiger partial charge >= 0.3 is 6.09 Å². The summed E-state index contributed by atoms with van der Waals surface area (Å²) in [5.41, 5.74) is 1.55. The van der Waals surface area contributed by atoms with E-state index < -0.39 is 6.09 Å². The van der Waals surface area contributed by atoms with Crippen molar-refractivity contribution in [3.8, 4) is 0 Å². The van der Waals surface area contributed by atoms with Crippen LogP contribution in [0, 0.1) is 0 Å². The molecule has 20 heavy (non-hydrogen) atoms. The van der Waals surface area contributed by atoms with E-state index in [-0.39, 0.29) is 17.9 Å². The van der Waals surface area contributed by atoms with Crippen LogP contribution in [0.15, 0.2) is 0 Å². The number of nitrogens with zero attached hydrogens (tertiary/aromatic N) is 4. The fourth-order valence-electron chi connectivity index (χ4n) is 2.62. The van der Waals surface area contributed by atoms with E-state index in [0.717, 1.165) is 11.4 Å². The van der Waals surface area contributed by atoms with Gasteiger partial charge in [-0.05, 0) is 18.5 Å². The van der Waals surface area contributed by atoms with Crippen LogP contribution < -0.4 is 4.90 Å². The number of aromatic nitrogens is 2. The minimum Gasteiger partial charge on any atom is -0.465 e. The number of rotatable bonds is 1. The van der Waals surface area contributed by atoms with Crippen LogP contribution in [0.1, 0.15) is 18.2 Å². The summed E-state index contributed by atoms with van der Waals surface area (Å²) in [6.45, 7) is 4.59. The summed E-state index contributed by atoms with van der Waals surface area (Å²) in [5, 5.41) is 9.28. The Labute approximate surface area is 121 Å². The largest absolute Gasteiger partial charge is 0.465 e. The van der Waals surface area contributed by atoms with E-state index >= 15 is 0 Å². The second-order valence-corrected chi connectivity index (χ2v) is 5.34. The lowest BCUT2D eigenvalue weighted by atomic mass is 10.2. The molecule has 3 rings (SSSR count). The zero-order valence-corrected chi connectivity index (χ0v) is 11.8. The number of hydrogen-bond acceptors (Lipinski definition) is 5. The van der Waals surface area contributed by atoms with Crippen molar-refractivity contribution in [2.75, 3.05) is 24.7 Å². The molecule has 1 saturated heterocycles. The zero-order chi connectivity index (χ0) is 14.3. The summed E-state index contributed by atoms with van der Waals surface area (Å²) >= 11 is 5.98. The highest BCUT2D eigenvalue weighted by molar-refractivity contribution is 6.28. The SMILES string of the molecule is CC1COCCN1c1nc(Cl)nc2c1CN(C(=O)O)C2. The summed E-state index contributed by atoms with van der Waals surface area (Å²) in [6.07, 6.45) is -0.958. The van der Waals surface area contributed by atoms with Gasteiger partial charge in [0.05, 0.1) is 38.0 Å². The molecule has 1 aromatic rings. The van der Waals surface area contributed by atoms with Gasteiger partial charge in [-0.3, -0.25) is 4.90 Å². The molecule has 1 amide bonds. The molecule has 7 nitrogen and oxygen atoms in total. The third kappa shape index (κ3) is 2.27. The molecule has 1 unspecified atom stereocenters. The Morgan fingerprint density at radius 2 is 2.25 bits per heavy atom. The number of anilines is 1. The maximum absolute atomic E-state index is 11.1. The first kappa shape index (κ1) is 13.4. The van der Waals surface area contributed by atoms with Crippen molar-refractivity contribution in [1.29, 1.82) is 0 Å². The van der Waals surface area contributed by atoms with E-state index in [1.807, 2.05) is 6.92 Å². The van der Waals surface area contributed by atoms with Gasteiger partial charge in [0, 0.05) is 12.1 Å². The summed E-state index contributed by atoms with van der Waals surface area (Å²) in [6, 6.07) is 0.178. The molecule has 108 valence electrons. The number of carbonyl (C=O) groups is 1. The first-order valence-electron chi connectivity index (χ1n) is 6.44. The lowest BCUT2D eigenvalue weighted by molar-refractivity contribution is 0.0983. The highest BCUT2D eigenvalue weighted by Gasteiger charge is 2.32. The maximum Gasteiger partial charge on any atom is 0.407 e. The fourth-order valence-corrected chi connectivity index (χ4v) is 2.80. The Morgan fingerprint density at radius 1 is 1.45 bits per heavy atom. The van der Waals surface area contributed by atoms with Gasteiger partial charge in [0.2, 0.25) is 5.28 Å². The van der Waals surface area contributed by atoms with Crippen molar-refractivity contribution in [1.82, 2.24) is 14.9 Å².